The molecule has 1 atom stereocenters. The van der Waals surface area contributed by atoms with Gasteiger partial charge in [0.25, 0.3) is 5.91 Å². The van der Waals surface area contributed by atoms with Crippen molar-refractivity contribution in [3.8, 4) is 11.6 Å². The summed E-state index contributed by atoms with van der Waals surface area (Å²) < 4.78 is 17.0. The first-order chi connectivity index (χ1) is 20.2. The molecule has 14 nitrogen and oxygen atoms in total. The number of hydrogen-bond acceptors (Lipinski definition) is 9. The summed E-state index contributed by atoms with van der Waals surface area (Å²) in [6.07, 6.45) is 1.73. The predicted octanol–water partition coefficient (Wildman–Crippen LogP) is 1.63. The number of esters is 1. The summed E-state index contributed by atoms with van der Waals surface area (Å²) >= 11 is 0. The molecule has 3 amide bonds. The van der Waals surface area contributed by atoms with Crippen molar-refractivity contribution in [3.05, 3.63) is 54.2 Å². The Morgan fingerprint density at radius 3 is 2.31 bits per heavy atom. The van der Waals surface area contributed by atoms with Crippen LogP contribution >= 0.6 is 0 Å². The van der Waals surface area contributed by atoms with Gasteiger partial charge in [0.15, 0.2) is 5.69 Å². The lowest BCUT2D eigenvalue weighted by molar-refractivity contribution is -0.139. The van der Waals surface area contributed by atoms with Gasteiger partial charge in [0.1, 0.15) is 12.6 Å². The summed E-state index contributed by atoms with van der Waals surface area (Å²) in [6.45, 7) is 4.76. The number of amides is 3. The molecule has 1 unspecified atom stereocenters. The molecule has 42 heavy (non-hydrogen) atoms. The SMILES string of the molecule is CCOC(=O)C=CCOc1cc(C(=O)NC(CCC(=O)O)C(=O)N2CCN(C(=O)OCC)CC2)nn1-c1ccccc1. The first kappa shape index (κ1) is 31.6. The van der Waals surface area contributed by atoms with Crippen molar-refractivity contribution in [1.82, 2.24) is 24.9 Å². The molecule has 0 radical (unpaired) electrons. The normalized spacial score (nSPS) is 13.9. The lowest BCUT2D eigenvalue weighted by Gasteiger charge is -2.35. The highest BCUT2D eigenvalue weighted by Gasteiger charge is 2.31. The highest BCUT2D eigenvalue weighted by Crippen LogP contribution is 2.20. The van der Waals surface area contributed by atoms with Crippen molar-refractivity contribution >= 4 is 29.8 Å². The number of benzene rings is 1. The maximum absolute atomic E-state index is 13.3. The van der Waals surface area contributed by atoms with E-state index in [1.54, 1.807) is 38.1 Å². The van der Waals surface area contributed by atoms with Gasteiger partial charge in [0.05, 0.1) is 18.9 Å². The first-order valence-corrected chi connectivity index (χ1v) is 13.6. The number of hydrogen-bond donors (Lipinski definition) is 2. The second kappa shape index (κ2) is 15.8. The summed E-state index contributed by atoms with van der Waals surface area (Å²) in [5, 5.41) is 16.2. The topological polar surface area (TPSA) is 170 Å². The molecule has 14 heteroatoms. The molecule has 1 saturated heterocycles. The number of rotatable bonds is 13. The number of ether oxygens (including phenoxy) is 3. The van der Waals surface area contributed by atoms with E-state index in [4.69, 9.17) is 14.2 Å². The van der Waals surface area contributed by atoms with Crippen molar-refractivity contribution in [2.45, 2.75) is 32.7 Å². The lowest BCUT2D eigenvalue weighted by Crippen LogP contribution is -2.56. The summed E-state index contributed by atoms with van der Waals surface area (Å²) in [4.78, 5) is 64.4. The van der Waals surface area contributed by atoms with Gasteiger partial charge in [-0.2, -0.15) is 5.10 Å². The van der Waals surface area contributed by atoms with E-state index in [1.165, 1.54) is 32.7 Å². The quantitative estimate of drug-likeness (QED) is 0.260. The average molecular weight is 586 g/mol. The molecular weight excluding hydrogens is 550 g/mol. The zero-order valence-corrected chi connectivity index (χ0v) is 23.6. The standard InChI is InChI=1S/C28H35N5O9/c1-3-40-25(36)11-8-18-42-23-19-22(30-33(23)20-9-6-5-7-10-20)26(37)29-21(12-13-24(34)35)27(38)31-14-16-32(17-15-31)28(39)41-4-2/h5-11,19,21H,3-4,12-18H2,1-2H3,(H,29,37)(H,34,35). The Hall–Kier alpha value is -4.88. The molecule has 0 aliphatic carbocycles. The predicted molar refractivity (Wildman–Crippen MR) is 148 cm³/mol. The van der Waals surface area contributed by atoms with Crippen LogP contribution in [0.5, 0.6) is 5.88 Å². The van der Waals surface area contributed by atoms with E-state index in [0.717, 1.165) is 0 Å². The molecule has 1 fully saturated rings. The van der Waals surface area contributed by atoms with Crippen LogP contribution in [0.15, 0.2) is 48.6 Å². The molecule has 226 valence electrons. The molecule has 3 rings (SSSR count). The Morgan fingerprint density at radius 2 is 1.67 bits per heavy atom. The minimum absolute atomic E-state index is 0.0180. The molecule has 1 aromatic heterocycles. The number of carboxylic acid groups (broad SMARTS) is 1. The van der Waals surface area contributed by atoms with Crippen LogP contribution in [0.25, 0.3) is 5.69 Å². The number of para-hydroxylation sites is 1. The van der Waals surface area contributed by atoms with E-state index in [0.29, 0.717) is 5.69 Å². The van der Waals surface area contributed by atoms with Gasteiger partial charge >= 0.3 is 18.0 Å². The molecule has 1 aromatic carbocycles. The number of aliphatic carboxylic acids is 1. The van der Waals surface area contributed by atoms with E-state index < -0.39 is 35.9 Å². The molecule has 2 aromatic rings. The van der Waals surface area contributed by atoms with Crippen LogP contribution in [0.1, 0.15) is 37.2 Å². The zero-order valence-electron chi connectivity index (χ0n) is 23.6. The Morgan fingerprint density at radius 1 is 1.00 bits per heavy atom. The summed E-state index contributed by atoms with van der Waals surface area (Å²) in [5.74, 6) is -2.60. The molecular formula is C28H35N5O9. The van der Waals surface area contributed by atoms with Gasteiger partial charge in [-0.1, -0.05) is 18.2 Å². The lowest BCUT2D eigenvalue weighted by atomic mass is 10.1. The zero-order chi connectivity index (χ0) is 30.5. The fraction of sp³-hybridized carbons (Fsp3) is 0.429. The number of piperazine rings is 1. The second-order valence-electron chi connectivity index (χ2n) is 9.05. The van der Waals surface area contributed by atoms with Crippen molar-refractivity contribution in [2.75, 3.05) is 46.0 Å². The van der Waals surface area contributed by atoms with Crippen LogP contribution in [0, 0.1) is 0 Å². The molecule has 2 heterocycles. The van der Waals surface area contributed by atoms with E-state index in [-0.39, 0.29) is 70.4 Å². The number of carbonyl (C=O) groups is 5. The highest BCUT2D eigenvalue weighted by atomic mass is 16.6. The Kier molecular flexibility index (Phi) is 11.9. The van der Waals surface area contributed by atoms with Gasteiger partial charge in [-0.15, -0.1) is 0 Å². The van der Waals surface area contributed by atoms with E-state index >= 15 is 0 Å². The maximum atomic E-state index is 13.3. The Labute approximate surface area is 242 Å². The van der Waals surface area contributed by atoms with Gasteiger partial charge < -0.3 is 34.4 Å². The Bertz CT molecular complexity index is 1270. The van der Waals surface area contributed by atoms with Crippen molar-refractivity contribution in [3.63, 3.8) is 0 Å². The number of carbonyl (C=O) groups excluding carboxylic acids is 4. The van der Waals surface area contributed by atoms with E-state index in [1.807, 2.05) is 6.07 Å². The third-order valence-corrected chi connectivity index (χ3v) is 6.15. The maximum Gasteiger partial charge on any atom is 0.409 e. The fourth-order valence-electron chi connectivity index (χ4n) is 4.10. The number of carboxylic acids is 1. The van der Waals surface area contributed by atoms with Crippen molar-refractivity contribution < 1.29 is 43.3 Å². The van der Waals surface area contributed by atoms with Gasteiger partial charge in [0.2, 0.25) is 11.8 Å². The smallest absolute Gasteiger partial charge is 0.409 e. The summed E-state index contributed by atoms with van der Waals surface area (Å²) in [7, 11) is 0. The van der Waals surface area contributed by atoms with Crippen molar-refractivity contribution in [2.24, 2.45) is 0 Å². The Balaban J connectivity index is 1.75. The average Bonchev–Trinajstić information content (AvgIpc) is 3.42. The molecule has 0 bridgehead atoms. The number of nitrogens with one attached hydrogen (secondary N) is 1. The van der Waals surface area contributed by atoms with Gasteiger partial charge in [-0.25, -0.2) is 14.3 Å². The van der Waals surface area contributed by atoms with Crippen LogP contribution in [-0.4, -0.2) is 107 Å². The molecule has 0 saturated carbocycles. The van der Waals surface area contributed by atoms with Crippen LogP contribution in [0.2, 0.25) is 0 Å². The third-order valence-electron chi connectivity index (χ3n) is 6.15. The second-order valence-corrected chi connectivity index (χ2v) is 9.05. The number of aromatic nitrogens is 2. The molecule has 1 aliphatic rings. The summed E-state index contributed by atoms with van der Waals surface area (Å²) in [6, 6.07) is 9.14. The molecule has 0 spiro atoms. The van der Waals surface area contributed by atoms with Crippen LogP contribution in [-0.2, 0) is 23.9 Å². The minimum Gasteiger partial charge on any atom is -0.481 e. The van der Waals surface area contributed by atoms with Crippen LogP contribution < -0.4 is 10.1 Å². The van der Waals surface area contributed by atoms with Crippen molar-refractivity contribution in [1.29, 1.82) is 0 Å². The van der Waals surface area contributed by atoms with Crippen LogP contribution in [0.3, 0.4) is 0 Å². The van der Waals surface area contributed by atoms with Gasteiger partial charge in [0, 0.05) is 44.7 Å². The van der Waals surface area contributed by atoms with Crippen LogP contribution in [0.4, 0.5) is 4.79 Å². The van der Waals surface area contributed by atoms with Gasteiger partial charge in [-0.05, 0) is 38.5 Å². The molecule has 2 N–H and O–H groups in total. The number of nitrogens with zero attached hydrogens (tertiary/aromatic N) is 4. The minimum atomic E-state index is -1.14. The van der Waals surface area contributed by atoms with E-state index in [2.05, 4.69) is 10.4 Å². The first-order valence-electron chi connectivity index (χ1n) is 13.6. The highest BCUT2D eigenvalue weighted by molar-refractivity contribution is 5.96. The third kappa shape index (κ3) is 9.08. The fourth-order valence-corrected chi connectivity index (χ4v) is 4.10. The van der Waals surface area contributed by atoms with E-state index in [9.17, 15) is 29.1 Å². The monoisotopic (exact) mass is 585 g/mol. The van der Waals surface area contributed by atoms with Gasteiger partial charge in [-0.3, -0.25) is 14.4 Å². The summed E-state index contributed by atoms with van der Waals surface area (Å²) in [5.41, 5.74) is 0.530. The largest absolute Gasteiger partial charge is 0.481 e. The molecule has 1 aliphatic heterocycles.